The lowest BCUT2D eigenvalue weighted by Crippen LogP contribution is -2.06. The van der Waals surface area contributed by atoms with Gasteiger partial charge in [-0.25, -0.2) is 0 Å². The van der Waals surface area contributed by atoms with Gasteiger partial charge in [0.1, 0.15) is 29.6 Å². The molecule has 1 unspecified atom stereocenters. The molecule has 0 amide bonds. The molecule has 31 heavy (non-hydrogen) atoms. The second kappa shape index (κ2) is 9.50. The third kappa shape index (κ3) is 4.89. The zero-order valence-electron chi connectivity index (χ0n) is 17.6. The number of hydrogen-bond acceptors (Lipinski definition) is 5. The van der Waals surface area contributed by atoms with Gasteiger partial charge in [0.05, 0.1) is 24.5 Å². The summed E-state index contributed by atoms with van der Waals surface area (Å²) in [5.41, 5.74) is 1.03. The molecule has 160 valence electrons. The lowest BCUT2D eigenvalue weighted by atomic mass is 10.1. The minimum Gasteiger partial charge on any atom is -0.497 e. The molecule has 0 saturated carbocycles. The summed E-state index contributed by atoms with van der Waals surface area (Å²) in [6.07, 6.45) is 0. The van der Waals surface area contributed by atoms with Gasteiger partial charge in [0.2, 0.25) is 0 Å². The van der Waals surface area contributed by atoms with Crippen molar-refractivity contribution in [2.45, 2.75) is 12.3 Å². The lowest BCUT2D eigenvalue weighted by molar-refractivity contribution is 0.320. The molecule has 0 bridgehead atoms. The van der Waals surface area contributed by atoms with E-state index in [0.29, 0.717) is 6.61 Å². The monoisotopic (exact) mass is 454 g/mol. The summed E-state index contributed by atoms with van der Waals surface area (Å²) in [5, 5.41) is 0.982. The second-order valence-corrected chi connectivity index (χ2v) is 8.82. The summed E-state index contributed by atoms with van der Waals surface area (Å²) >= 11 is 7.62. The van der Waals surface area contributed by atoms with Crippen molar-refractivity contribution in [3.05, 3.63) is 66.7 Å². The molecule has 1 atom stereocenters. The molecular formula is C25H23ClO4S. The molecule has 4 aromatic rings. The summed E-state index contributed by atoms with van der Waals surface area (Å²) in [4.78, 5) is 1.03. The molecule has 4 nitrogen and oxygen atoms in total. The van der Waals surface area contributed by atoms with Crippen molar-refractivity contribution in [2.75, 3.05) is 20.8 Å². The Hall–Kier alpha value is -2.89. The summed E-state index contributed by atoms with van der Waals surface area (Å²) in [5.74, 6) is 3.90. The molecule has 0 fully saturated rings. The van der Waals surface area contributed by atoms with Gasteiger partial charge in [0.15, 0.2) is 5.75 Å². The lowest BCUT2D eigenvalue weighted by Gasteiger charge is -2.11. The maximum Gasteiger partial charge on any atom is 0.153 e. The molecule has 0 aliphatic heterocycles. The van der Waals surface area contributed by atoms with Crippen LogP contribution in [0.15, 0.2) is 66.7 Å². The zero-order chi connectivity index (χ0) is 21.8. The first-order valence-corrected chi connectivity index (χ1v) is 11.1. The van der Waals surface area contributed by atoms with Gasteiger partial charge in [0.25, 0.3) is 0 Å². The molecule has 4 rings (SSSR count). The number of hydrogen-bond donors (Lipinski definition) is 0. The summed E-state index contributed by atoms with van der Waals surface area (Å²) < 4.78 is 24.0. The molecule has 0 saturated heterocycles. The number of ether oxygens (including phenoxy) is 4. The van der Waals surface area contributed by atoms with Crippen LogP contribution in [0.25, 0.3) is 20.5 Å². The Kier molecular flexibility index (Phi) is 6.54. The van der Waals surface area contributed by atoms with Crippen molar-refractivity contribution < 1.29 is 18.9 Å². The van der Waals surface area contributed by atoms with Crippen LogP contribution in [0, 0.1) is 0 Å². The van der Waals surface area contributed by atoms with Crippen LogP contribution in [0.3, 0.4) is 0 Å². The maximum absolute atomic E-state index is 6.39. The molecule has 3 aromatic carbocycles. The largest absolute Gasteiger partial charge is 0.497 e. The Labute approximate surface area is 190 Å². The number of halogens is 1. The average Bonchev–Trinajstić information content (AvgIpc) is 3.16. The van der Waals surface area contributed by atoms with Crippen LogP contribution in [0.5, 0.6) is 28.7 Å². The normalized spacial score (nSPS) is 11.9. The molecule has 0 aliphatic rings. The molecule has 1 aromatic heterocycles. The minimum absolute atomic E-state index is 0.0458. The predicted molar refractivity (Wildman–Crippen MR) is 128 cm³/mol. The SMILES string of the molecule is COc1cccc(-c2sc3cc(OC)ccc3c2Oc2ccc(OCC(C)Cl)cc2)c1. The number of methoxy groups -OCH3 is 2. The first kappa shape index (κ1) is 21.3. The Morgan fingerprint density at radius 3 is 2.23 bits per heavy atom. The van der Waals surface area contributed by atoms with E-state index in [0.717, 1.165) is 49.3 Å². The highest BCUT2D eigenvalue weighted by atomic mass is 35.5. The molecule has 0 aliphatic carbocycles. The molecule has 1 heterocycles. The van der Waals surface area contributed by atoms with E-state index in [4.69, 9.17) is 30.5 Å². The first-order chi connectivity index (χ1) is 15.1. The minimum atomic E-state index is -0.0458. The summed E-state index contributed by atoms with van der Waals surface area (Å²) in [6.45, 7) is 2.36. The fourth-order valence-electron chi connectivity index (χ4n) is 3.17. The Morgan fingerprint density at radius 2 is 1.52 bits per heavy atom. The van der Waals surface area contributed by atoms with Crippen LogP contribution in [0.1, 0.15) is 6.92 Å². The summed E-state index contributed by atoms with van der Waals surface area (Å²) in [6, 6.07) is 21.6. The van der Waals surface area contributed by atoms with Gasteiger partial charge in [-0.3, -0.25) is 0 Å². The highest BCUT2D eigenvalue weighted by Gasteiger charge is 2.17. The van der Waals surface area contributed by atoms with Crippen molar-refractivity contribution in [3.63, 3.8) is 0 Å². The number of benzene rings is 3. The molecular weight excluding hydrogens is 432 g/mol. The van der Waals surface area contributed by atoms with E-state index < -0.39 is 0 Å². The fraction of sp³-hybridized carbons (Fsp3) is 0.200. The average molecular weight is 455 g/mol. The van der Waals surface area contributed by atoms with Crippen molar-refractivity contribution in [3.8, 4) is 39.2 Å². The highest BCUT2D eigenvalue weighted by molar-refractivity contribution is 7.22. The van der Waals surface area contributed by atoms with E-state index >= 15 is 0 Å². The van der Waals surface area contributed by atoms with E-state index in [9.17, 15) is 0 Å². The summed E-state index contributed by atoms with van der Waals surface area (Å²) in [7, 11) is 3.34. The van der Waals surface area contributed by atoms with E-state index in [1.54, 1.807) is 25.6 Å². The topological polar surface area (TPSA) is 36.9 Å². The van der Waals surface area contributed by atoms with Crippen molar-refractivity contribution in [1.82, 2.24) is 0 Å². The third-order valence-electron chi connectivity index (χ3n) is 4.71. The number of fused-ring (bicyclic) bond motifs is 1. The third-order valence-corrected chi connectivity index (χ3v) is 6.02. The molecule has 0 N–H and O–H groups in total. The molecule has 0 spiro atoms. The van der Waals surface area contributed by atoms with Crippen LogP contribution < -0.4 is 18.9 Å². The molecule has 0 radical (unpaired) electrons. The van der Waals surface area contributed by atoms with Gasteiger partial charge < -0.3 is 18.9 Å². The van der Waals surface area contributed by atoms with Crippen LogP contribution in [0.2, 0.25) is 0 Å². The van der Waals surface area contributed by atoms with Gasteiger partial charge in [-0.2, -0.15) is 0 Å². The van der Waals surface area contributed by atoms with Crippen molar-refractivity contribution in [1.29, 1.82) is 0 Å². The van der Waals surface area contributed by atoms with Gasteiger partial charge in [-0.1, -0.05) is 12.1 Å². The Morgan fingerprint density at radius 1 is 0.839 bits per heavy atom. The molecule has 6 heteroatoms. The number of alkyl halides is 1. The van der Waals surface area contributed by atoms with E-state index in [2.05, 4.69) is 6.07 Å². The van der Waals surface area contributed by atoms with E-state index in [1.165, 1.54) is 0 Å². The maximum atomic E-state index is 6.39. The zero-order valence-corrected chi connectivity index (χ0v) is 19.1. The Balaban J connectivity index is 1.73. The smallest absolute Gasteiger partial charge is 0.153 e. The highest BCUT2D eigenvalue weighted by Crippen LogP contribution is 2.47. The standard InChI is InChI=1S/C25H23ClO4S/c1-16(26)15-29-18-7-9-19(10-8-18)30-24-22-12-11-21(28-3)14-23(22)31-25(24)17-5-4-6-20(13-17)27-2/h4-14,16H,15H2,1-3H3. The second-order valence-electron chi connectivity index (χ2n) is 7.02. The van der Waals surface area contributed by atoms with Gasteiger partial charge in [-0.05, 0) is 67.1 Å². The quantitative estimate of drug-likeness (QED) is 0.260. The van der Waals surface area contributed by atoms with Crippen molar-refractivity contribution in [2.24, 2.45) is 0 Å². The van der Waals surface area contributed by atoms with Crippen LogP contribution in [0.4, 0.5) is 0 Å². The van der Waals surface area contributed by atoms with E-state index in [1.807, 2.05) is 67.6 Å². The van der Waals surface area contributed by atoms with Gasteiger partial charge in [-0.15, -0.1) is 22.9 Å². The van der Waals surface area contributed by atoms with Crippen LogP contribution in [-0.4, -0.2) is 26.2 Å². The van der Waals surface area contributed by atoms with Gasteiger partial charge >= 0.3 is 0 Å². The van der Waals surface area contributed by atoms with Crippen LogP contribution >= 0.6 is 22.9 Å². The number of rotatable bonds is 8. The van der Waals surface area contributed by atoms with Crippen LogP contribution in [-0.2, 0) is 0 Å². The first-order valence-electron chi connectivity index (χ1n) is 9.87. The number of thiophene rings is 1. The predicted octanol–water partition coefficient (Wildman–Crippen LogP) is 7.38. The Bertz CT molecular complexity index is 1170. The fourth-order valence-corrected chi connectivity index (χ4v) is 4.39. The van der Waals surface area contributed by atoms with E-state index in [-0.39, 0.29) is 5.38 Å². The van der Waals surface area contributed by atoms with Gasteiger partial charge in [0, 0.05) is 10.1 Å². The van der Waals surface area contributed by atoms with Crippen molar-refractivity contribution >= 4 is 33.0 Å².